The van der Waals surface area contributed by atoms with Crippen molar-refractivity contribution in [2.45, 2.75) is 52.5 Å². The van der Waals surface area contributed by atoms with Crippen LogP contribution in [0.25, 0.3) is 10.6 Å². The third-order valence-electron chi connectivity index (χ3n) is 5.55. The van der Waals surface area contributed by atoms with Gasteiger partial charge in [0.15, 0.2) is 0 Å². The summed E-state index contributed by atoms with van der Waals surface area (Å²) in [5, 5.41) is 2.97. The third-order valence-corrected chi connectivity index (χ3v) is 6.49. The molecule has 25 heavy (non-hydrogen) atoms. The first kappa shape index (κ1) is 16.7. The summed E-state index contributed by atoms with van der Waals surface area (Å²) in [6, 6.07) is 4.31. The van der Waals surface area contributed by atoms with E-state index in [1.54, 1.807) is 23.7 Å². The van der Waals surface area contributed by atoms with Crippen LogP contribution in [0.3, 0.4) is 0 Å². The number of pyridine rings is 1. The van der Waals surface area contributed by atoms with Crippen LogP contribution in [0.1, 0.15) is 45.7 Å². The molecular weight excluding hydrogens is 330 g/mol. The van der Waals surface area contributed by atoms with Crippen LogP contribution in [0.5, 0.6) is 0 Å². The van der Waals surface area contributed by atoms with E-state index in [0.717, 1.165) is 35.7 Å². The molecule has 5 heteroatoms. The molecule has 0 radical (unpaired) electrons. The summed E-state index contributed by atoms with van der Waals surface area (Å²) in [6.45, 7) is 7.93. The highest BCUT2D eigenvalue weighted by molar-refractivity contribution is 7.13. The molecule has 2 bridgehead atoms. The van der Waals surface area contributed by atoms with E-state index in [-0.39, 0.29) is 11.3 Å². The van der Waals surface area contributed by atoms with Gasteiger partial charge in [0, 0.05) is 35.9 Å². The first-order chi connectivity index (χ1) is 11.8. The number of carbonyl (C=O) groups excluding carboxylic acids is 1. The summed E-state index contributed by atoms with van der Waals surface area (Å²) < 4.78 is 0. The predicted molar refractivity (Wildman–Crippen MR) is 100 cm³/mol. The average molecular weight is 356 g/mol. The molecule has 4 nitrogen and oxygen atoms in total. The summed E-state index contributed by atoms with van der Waals surface area (Å²) in [5.74, 6) is 0.234. The molecule has 0 N–H and O–H groups in total. The number of thiazole rings is 1. The van der Waals surface area contributed by atoms with Crippen molar-refractivity contribution in [2.24, 2.45) is 10.8 Å². The van der Waals surface area contributed by atoms with Crippen molar-refractivity contribution in [3.05, 3.63) is 35.6 Å². The predicted octanol–water partition coefficient (Wildman–Crippen LogP) is 4.17. The van der Waals surface area contributed by atoms with Crippen molar-refractivity contribution >= 4 is 17.2 Å². The second-order valence-corrected chi connectivity index (χ2v) is 9.65. The largest absolute Gasteiger partial charge is 0.339 e. The lowest BCUT2D eigenvalue weighted by Gasteiger charge is -2.39. The van der Waals surface area contributed by atoms with Crippen molar-refractivity contribution in [3.8, 4) is 10.6 Å². The van der Waals surface area contributed by atoms with Crippen LogP contribution in [0, 0.1) is 10.8 Å². The number of aromatic nitrogens is 2. The molecule has 3 heterocycles. The fourth-order valence-corrected chi connectivity index (χ4v) is 5.85. The maximum Gasteiger partial charge on any atom is 0.228 e. The lowest BCUT2D eigenvalue weighted by molar-refractivity contribution is -0.131. The number of rotatable bonds is 3. The molecule has 0 aromatic carbocycles. The van der Waals surface area contributed by atoms with Crippen molar-refractivity contribution < 1.29 is 4.79 Å². The second-order valence-electron chi connectivity index (χ2n) is 8.79. The van der Waals surface area contributed by atoms with Gasteiger partial charge >= 0.3 is 0 Å². The van der Waals surface area contributed by atoms with Gasteiger partial charge in [-0.2, -0.15) is 0 Å². The number of fused-ring (bicyclic) bond motifs is 2. The highest BCUT2D eigenvalue weighted by atomic mass is 32.1. The molecular formula is C20H25N3OS. The Morgan fingerprint density at radius 1 is 1.28 bits per heavy atom. The summed E-state index contributed by atoms with van der Waals surface area (Å²) in [5.41, 5.74) is 2.56. The number of hydrogen-bond donors (Lipinski definition) is 0. The number of amides is 1. The van der Waals surface area contributed by atoms with Crippen molar-refractivity contribution in [1.82, 2.24) is 14.9 Å². The van der Waals surface area contributed by atoms with Crippen LogP contribution >= 0.6 is 11.3 Å². The Morgan fingerprint density at radius 2 is 2.04 bits per heavy atom. The van der Waals surface area contributed by atoms with Gasteiger partial charge in [0.1, 0.15) is 5.01 Å². The molecule has 2 aromatic heterocycles. The SMILES string of the molecule is CC1(C)CC2CC(C)(CN2C(=O)Cc2csc(-c3ccncc3)n2)C1. The minimum atomic E-state index is 0.234. The Morgan fingerprint density at radius 3 is 2.80 bits per heavy atom. The molecule has 0 spiro atoms. The average Bonchev–Trinajstić information content (AvgIpc) is 3.09. The second kappa shape index (κ2) is 5.90. The molecule has 2 unspecified atom stereocenters. The molecule has 2 atom stereocenters. The lowest BCUT2D eigenvalue weighted by atomic mass is 9.65. The van der Waals surface area contributed by atoms with Gasteiger partial charge in [0.2, 0.25) is 5.91 Å². The van der Waals surface area contributed by atoms with E-state index in [9.17, 15) is 4.79 Å². The molecule has 1 saturated carbocycles. The minimum Gasteiger partial charge on any atom is -0.339 e. The fourth-order valence-electron chi connectivity index (χ4n) is 5.02. The third kappa shape index (κ3) is 3.34. The Hall–Kier alpha value is -1.75. The summed E-state index contributed by atoms with van der Waals surface area (Å²) in [6.07, 6.45) is 7.44. The Balaban J connectivity index is 1.47. The quantitative estimate of drug-likeness (QED) is 0.830. The van der Waals surface area contributed by atoms with Gasteiger partial charge in [-0.05, 0) is 42.2 Å². The number of likely N-dealkylation sites (tertiary alicyclic amines) is 1. The van der Waals surface area contributed by atoms with Gasteiger partial charge in [0.25, 0.3) is 0 Å². The lowest BCUT2D eigenvalue weighted by Crippen LogP contribution is -2.38. The van der Waals surface area contributed by atoms with Gasteiger partial charge in [-0.1, -0.05) is 20.8 Å². The van der Waals surface area contributed by atoms with Gasteiger partial charge in [0.05, 0.1) is 12.1 Å². The van der Waals surface area contributed by atoms with E-state index < -0.39 is 0 Å². The van der Waals surface area contributed by atoms with Crippen LogP contribution in [-0.2, 0) is 11.2 Å². The standard InChI is InChI=1S/C20H25N3OS/c1-19(2)9-16-10-20(3,12-19)13-23(16)17(24)8-15-11-25-18(22-15)14-4-6-21-7-5-14/h4-7,11,16H,8-10,12-13H2,1-3H3. The Labute approximate surface area is 153 Å². The smallest absolute Gasteiger partial charge is 0.228 e. The molecule has 2 fully saturated rings. The van der Waals surface area contributed by atoms with Crippen LogP contribution in [0.15, 0.2) is 29.9 Å². The molecule has 132 valence electrons. The zero-order valence-corrected chi connectivity index (χ0v) is 16.0. The van der Waals surface area contributed by atoms with Crippen LogP contribution < -0.4 is 0 Å². The number of hydrogen-bond acceptors (Lipinski definition) is 4. The van der Waals surface area contributed by atoms with E-state index >= 15 is 0 Å². The first-order valence-corrected chi connectivity index (χ1v) is 9.86. The van der Waals surface area contributed by atoms with Gasteiger partial charge in [-0.15, -0.1) is 11.3 Å². The van der Waals surface area contributed by atoms with E-state index in [2.05, 4.69) is 35.6 Å². The normalized spacial score (nSPS) is 27.5. The molecule has 4 rings (SSSR count). The van der Waals surface area contributed by atoms with E-state index in [1.807, 2.05) is 17.5 Å². The van der Waals surface area contributed by atoms with Crippen molar-refractivity contribution in [1.29, 1.82) is 0 Å². The van der Waals surface area contributed by atoms with Crippen LogP contribution in [0.4, 0.5) is 0 Å². The zero-order valence-electron chi connectivity index (χ0n) is 15.2. The van der Waals surface area contributed by atoms with Crippen LogP contribution in [-0.4, -0.2) is 33.4 Å². The minimum absolute atomic E-state index is 0.234. The van der Waals surface area contributed by atoms with Gasteiger partial charge < -0.3 is 4.90 Å². The topological polar surface area (TPSA) is 46.1 Å². The van der Waals surface area contributed by atoms with Crippen molar-refractivity contribution in [3.63, 3.8) is 0 Å². The maximum atomic E-state index is 12.9. The fraction of sp³-hybridized carbons (Fsp3) is 0.550. The van der Waals surface area contributed by atoms with Gasteiger partial charge in [-0.3, -0.25) is 9.78 Å². The molecule has 1 aliphatic carbocycles. The molecule has 2 aliphatic rings. The van der Waals surface area contributed by atoms with Gasteiger partial charge in [-0.25, -0.2) is 4.98 Å². The van der Waals surface area contributed by atoms with Crippen LogP contribution in [0.2, 0.25) is 0 Å². The van der Waals surface area contributed by atoms with E-state index in [0.29, 0.717) is 17.9 Å². The van der Waals surface area contributed by atoms with E-state index in [4.69, 9.17) is 0 Å². The maximum absolute atomic E-state index is 12.9. The van der Waals surface area contributed by atoms with Crippen molar-refractivity contribution in [2.75, 3.05) is 6.54 Å². The summed E-state index contributed by atoms with van der Waals surface area (Å²) >= 11 is 1.60. The Bertz CT molecular complexity index is 785. The molecule has 1 saturated heterocycles. The molecule has 1 aliphatic heterocycles. The summed E-state index contributed by atoms with van der Waals surface area (Å²) in [4.78, 5) is 23.8. The Kier molecular flexibility index (Phi) is 3.95. The zero-order chi connectivity index (χ0) is 17.7. The summed E-state index contributed by atoms with van der Waals surface area (Å²) in [7, 11) is 0. The number of nitrogens with zero attached hydrogens (tertiary/aromatic N) is 3. The highest BCUT2D eigenvalue weighted by Crippen LogP contribution is 2.52. The first-order valence-electron chi connectivity index (χ1n) is 8.98. The monoisotopic (exact) mass is 355 g/mol. The highest BCUT2D eigenvalue weighted by Gasteiger charge is 2.50. The molecule has 2 aromatic rings. The van der Waals surface area contributed by atoms with E-state index in [1.165, 1.54) is 6.42 Å². The molecule has 1 amide bonds. The number of carbonyl (C=O) groups is 1.